The molecule has 0 radical (unpaired) electrons. The van der Waals surface area contributed by atoms with Gasteiger partial charge in [0, 0.05) is 18.2 Å². The van der Waals surface area contributed by atoms with E-state index in [4.69, 9.17) is 4.74 Å². The Kier molecular flexibility index (Phi) is 5.34. The molecule has 3 heteroatoms. The fraction of sp³-hybridized carbons (Fsp3) is 0.333. The second-order valence-electron chi connectivity index (χ2n) is 5.64. The minimum absolute atomic E-state index is 0.286. The third kappa shape index (κ3) is 4.57. The largest absolute Gasteiger partial charge is 0.457 e. The predicted octanol–water partition coefficient (Wildman–Crippen LogP) is 4.67. The molecule has 0 aliphatic carbocycles. The van der Waals surface area contributed by atoms with E-state index in [1.54, 1.807) is 6.07 Å². The van der Waals surface area contributed by atoms with Crippen LogP contribution < -0.4 is 10.1 Å². The predicted molar refractivity (Wildman–Crippen MR) is 84.2 cm³/mol. The van der Waals surface area contributed by atoms with E-state index in [1.807, 2.05) is 31.2 Å². The molecule has 2 rings (SSSR count). The van der Waals surface area contributed by atoms with Crippen molar-refractivity contribution in [2.45, 2.75) is 27.3 Å². The fourth-order valence-electron chi connectivity index (χ4n) is 2.05. The normalized spacial score (nSPS) is 10.9. The Morgan fingerprint density at radius 3 is 2.62 bits per heavy atom. The molecule has 0 saturated carbocycles. The first kappa shape index (κ1) is 15.5. The maximum absolute atomic E-state index is 13.3. The molecule has 112 valence electrons. The van der Waals surface area contributed by atoms with Gasteiger partial charge in [-0.1, -0.05) is 38.1 Å². The number of rotatable bonds is 6. The average molecular weight is 287 g/mol. The summed E-state index contributed by atoms with van der Waals surface area (Å²) < 4.78 is 19.2. The molecule has 0 aromatic heterocycles. The number of hydrogen-bond donors (Lipinski definition) is 1. The van der Waals surface area contributed by atoms with E-state index in [2.05, 4.69) is 19.2 Å². The van der Waals surface area contributed by atoms with Crippen molar-refractivity contribution in [3.05, 3.63) is 59.4 Å². The van der Waals surface area contributed by atoms with Crippen LogP contribution in [0.25, 0.3) is 0 Å². The van der Waals surface area contributed by atoms with Crippen LogP contribution in [0.1, 0.15) is 25.0 Å². The van der Waals surface area contributed by atoms with Crippen molar-refractivity contribution < 1.29 is 9.13 Å². The Bertz CT molecular complexity index is 596. The fourth-order valence-corrected chi connectivity index (χ4v) is 2.05. The van der Waals surface area contributed by atoms with Crippen molar-refractivity contribution in [2.75, 3.05) is 6.54 Å². The monoisotopic (exact) mass is 287 g/mol. The van der Waals surface area contributed by atoms with E-state index >= 15 is 0 Å². The van der Waals surface area contributed by atoms with E-state index < -0.39 is 0 Å². The van der Waals surface area contributed by atoms with Crippen LogP contribution in [-0.2, 0) is 6.54 Å². The van der Waals surface area contributed by atoms with E-state index in [1.165, 1.54) is 12.1 Å². The van der Waals surface area contributed by atoms with Gasteiger partial charge in [-0.3, -0.25) is 0 Å². The van der Waals surface area contributed by atoms with Crippen molar-refractivity contribution >= 4 is 0 Å². The molecule has 0 aliphatic heterocycles. The molecule has 2 aromatic carbocycles. The molecule has 0 amide bonds. The Hall–Kier alpha value is -1.87. The smallest absolute Gasteiger partial charge is 0.133 e. The molecule has 0 spiro atoms. The Morgan fingerprint density at radius 1 is 1.10 bits per heavy atom. The zero-order chi connectivity index (χ0) is 15.2. The molecule has 2 nitrogen and oxygen atoms in total. The Balaban J connectivity index is 2.14. The maximum atomic E-state index is 13.3. The number of halogens is 1. The van der Waals surface area contributed by atoms with Gasteiger partial charge in [0.2, 0.25) is 0 Å². The number of para-hydroxylation sites is 1. The van der Waals surface area contributed by atoms with Crippen LogP contribution in [0.3, 0.4) is 0 Å². The molecule has 0 saturated heterocycles. The average Bonchev–Trinajstić information content (AvgIpc) is 2.44. The maximum Gasteiger partial charge on any atom is 0.133 e. The first-order valence-corrected chi connectivity index (χ1v) is 7.29. The summed E-state index contributed by atoms with van der Waals surface area (Å²) in [6.07, 6.45) is 0. The second-order valence-corrected chi connectivity index (χ2v) is 5.64. The van der Waals surface area contributed by atoms with Gasteiger partial charge in [0.05, 0.1) is 0 Å². The lowest BCUT2D eigenvalue weighted by atomic mass is 10.1. The van der Waals surface area contributed by atoms with Gasteiger partial charge in [-0.05, 0) is 37.1 Å². The highest BCUT2D eigenvalue weighted by atomic mass is 19.1. The molecular weight excluding hydrogens is 265 g/mol. The minimum atomic E-state index is -0.286. The highest BCUT2D eigenvalue weighted by Gasteiger charge is 2.07. The van der Waals surface area contributed by atoms with Crippen molar-refractivity contribution in [1.29, 1.82) is 0 Å². The zero-order valence-corrected chi connectivity index (χ0v) is 12.8. The molecule has 21 heavy (non-hydrogen) atoms. The minimum Gasteiger partial charge on any atom is -0.457 e. The molecule has 0 heterocycles. The van der Waals surface area contributed by atoms with Crippen molar-refractivity contribution in [1.82, 2.24) is 5.32 Å². The van der Waals surface area contributed by atoms with E-state index in [-0.39, 0.29) is 5.82 Å². The van der Waals surface area contributed by atoms with Crippen LogP contribution in [-0.4, -0.2) is 6.54 Å². The molecule has 2 aromatic rings. The van der Waals surface area contributed by atoms with Crippen LogP contribution >= 0.6 is 0 Å². The van der Waals surface area contributed by atoms with Gasteiger partial charge < -0.3 is 10.1 Å². The van der Waals surface area contributed by atoms with Crippen LogP contribution in [0.5, 0.6) is 11.5 Å². The van der Waals surface area contributed by atoms with Crippen LogP contribution in [0, 0.1) is 18.7 Å². The SMILES string of the molecule is Cc1ccc(F)cc1Oc1ccccc1CNCC(C)C. The topological polar surface area (TPSA) is 21.3 Å². The first-order chi connectivity index (χ1) is 10.1. The summed E-state index contributed by atoms with van der Waals surface area (Å²) in [6, 6.07) is 12.4. The summed E-state index contributed by atoms with van der Waals surface area (Å²) >= 11 is 0. The number of benzene rings is 2. The zero-order valence-electron chi connectivity index (χ0n) is 12.8. The summed E-state index contributed by atoms with van der Waals surface area (Å²) in [5, 5.41) is 3.40. The lowest BCUT2D eigenvalue weighted by Crippen LogP contribution is -2.19. The molecule has 0 atom stereocenters. The first-order valence-electron chi connectivity index (χ1n) is 7.29. The third-order valence-corrected chi connectivity index (χ3v) is 3.21. The van der Waals surface area contributed by atoms with Gasteiger partial charge in [-0.2, -0.15) is 0 Å². The van der Waals surface area contributed by atoms with Crippen molar-refractivity contribution in [2.24, 2.45) is 5.92 Å². The van der Waals surface area contributed by atoms with E-state index in [0.29, 0.717) is 11.7 Å². The molecule has 0 unspecified atom stereocenters. The molecule has 1 N–H and O–H groups in total. The standard InChI is InChI=1S/C18H22FNO/c1-13(2)11-20-12-15-6-4-5-7-17(15)21-18-10-16(19)9-8-14(18)3/h4-10,13,20H,11-12H2,1-3H3. The summed E-state index contributed by atoms with van der Waals surface area (Å²) in [5.41, 5.74) is 1.99. The molecule has 0 fully saturated rings. The van der Waals surface area contributed by atoms with Crippen LogP contribution in [0.15, 0.2) is 42.5 Å². The number of nitrogens with one attached hydrogen (secondary N) is 1. The van der Waals surface area contributed by atoms with Gasteiger partial charge in [0.25, 0.3) is 0 Å². The van der Waals surface area contributed by atoms with E-state index in [9.17, 15) is 4.39 Å². The van der Waals surface area contributed by atoms with Crippen LogP contribution in [0.4, 0.5) is 4.39 Å². The summed E-state index contributed by atoms with van der Waals surface area (Å²) in [7, 11) is 0. The molecule has 0 aliphatic rings. The summed E-state index contributed by atoms with van der Waals surface area (Å²) in [5.74, 6) is 1.64. The van der Waals surface area contributed by atoms with E-state index in [0.717, 1.165) is 30.0 Å². The van der Waals surface area contributed by atoms with Gasteiger partial charge in [-0.15, -0.1) is 0 Å². The highest BCUT2D eigenvalue weighted by molar-refractivity contribution is 5.41. The second kappa shape index (κ2) is 7.23. The lowest BCUT2D eigenvalue weighted by molar-refractivity contribution is 0.461. The Morgan fingerprint density at radius 2 is 1.86 bits per heavy atom. The van der Waals surface area contributed by atoms with Gasteiger partial charge in [0.1, 0.15) is 17.3 Å². The summed E-state index contributed by atoms with van der Waals surface area (Å²) in [4.78, 5) is 0. The molecule has 0 bridgehead atoms. The van der Waals surface area contributed by atoms with Crippen molar-refractivity contribution in [3.63, 3.8) is 0 Å². The third-order valence-electron chi connectivity index (χ3n) is 3.21. The Labute approximate surface area is 126 Å². The molecular formula is C18H22FNO. The highest BCUT2D eigenvalue weighted by Crippen LogP contribution is 2.28. The van der Waals surface area contributed by atoms with Gasteiger partial charge >= 0.3 is 0 Å². The quantitative estimate of drug-likeness (QED) is 0.833. The number of hydrogen-bond acceptors (Lipinski definition) is 2. The number of aryl methyl sites for hydroxylation is 1. The van der Waals surface area contributed by atoms with Crippen molar-refractivity contribution in [3.8, 4) is 11.5 Å². The van der Waals surface area contributed by atoms with Crippen LogP contribution in [0.2, 0.25) is 0 Å². The van der Waals surface area contributed by atoms with Gasteiger partial charge in [0.15, 0.2) is 0 Å². The summed E-state index contributed by atoms with van der Waals surface area (Å²) in [6.45, 7) is 7.95. The lowest BCUT2D eigenvalue weighted by Gasteiger charge is -2.14. The van der Waals surface area contributed by atoms with Gasteiger partial charge in [-0.25, -0.2) is 4.39 Å². The number of ether oxygens (including phenoxy) is 1.